The summed E-state index contributed by atoms with van der Waals surface area (Å²) in [5, 5.41) is 3.20. The Hall–Kier alpha value is -2.13. The van der Waals surface area contributed by atoms with E-state index in [1.54, 1.807) is 18.5 Å². The third-order valence-corrected chi connectivity index (χ3v) is 10.2. The lowest BCUT2D eigenvalue weighted by atomic mass is 9.84. The lowest BCUT2D eigenvalue weighted by Crippen LogP contribution is -2.27. The predicted octanol–water partition coefficient (Wildman–Crippen LogP) is 2.68. The van der Waals surface area contributed by atoms with Gasteiger partial charge in [-0.15, -0.1) is 0 Å². The number of imidazole rings is 1. The maximum absolute atomic E-state index is 12.4. The Bertz CT molecular complexity index is 1250. The van der Waals surface area contributed by atoms with Crippen LogP contribution in [0.4, 0.5) is 11.5 Å². The van der Waals surface area contributed by atoms with Crippen LogP contribution in [0, 0.1) is 5.92 Å². The molecule has 1 unspecified atom stereocenters. The van der Waals surface area contributed by atoms with Gasteiger partial charge < -0.3 is 30.3 Å². The highest BCUT2D eigenvalue weighted by Crippen LogP contribution is 2.53. The Balaban J connectivity index is 1.60. The second kappa shape index (κ2) is 9.85. The smallest absolute Gasteiger partial charge is 0.335 e. The third-order valence-electron chi connectivity index (χ3n) is 6.12. The number of aryl methyl sites for hydroxylation is 1. The zero-order valence-corrected chi connectivity index (χ0v) is 20.7. The van der Waals surface area contributed by atoms with Gasteiger partial charge in [-0.2, -0.15) is 0 Å². The average molecular weight is 508 g/mol. The second-order valence-corrected chi connectivity index (χ2v) is 13.2. The highest BCUT2D eigenvalue weighted by molar-refractivity contribution is 7.77. The van der Waals surface area contributed by atoms with Crippen molar-refractivity contribution in [1.82, 2.24) is 19.5 Å². The first kappa shape index (κ1) is 25.0. The maximum atomic E-state index is 12.4. The summed E-state index contributed by atoms with van der Waals surface area (Å²) < 4.78 is 25.5. The molecule has 4 rings (SSSR count). The Kier molecular flexibility index (Phi) is 7.24. The molecule has 13 heteroatoms. The molecule has 1 aromatic carbocycles. The van der Waals surface area contributed by atoms with E-state index in [1.165, 1.54) is 12.1 Å². The first-order valence-electron chi connectivity index (χ1n) is 11.3. The standard InChI is InChI=1S/C21H30N6O5P2/c1-2-27-12-23-19-20(25-18(26-21(19)27)11-14-3-5-15(22)6-4-14)24-16-7-9-17(10-8-16)33(28,29)13-34(30,31)32/h7-10,12,14-15H,2-6,11,13,22H2,1H3,(H,28,29)(H,24,25,26)(H2,30,31,32). The molecule has 0 radical (unpaired) electrons. The number of nitrogens with two attached hydrogens (primary N) is 1. The molecule has 1 aliphatic rings. The fourth-order valence-corrected chi connectivity index (χ4v) is 7.56. The monoisotopic (exact) mass is 508 g/mol. The van der Waals surface area contributed by atoms with Crippen LogP contribution in [0.1, 0.15) is 38.4 Å². The van der Waals surface area contributed by atoms with Crippen LogP contribution in [0.15, 0.2) is 30.6 Å². The van der Waals surface area contributed by atoms with E-state index in [0.29, 0.717) is 29.5 Å². The van der Waals surface area contributed by atoms with E-state index in [9.17, 15) is 14.0 Å². The van der Waals surface area contributed by atoms with E-state index in [0.717, 1.165) is 43.6 Å². The van der Waals surface area contributed by atoms with Crippen LogP contribution in [0.2, 0.25) is 0 Å². The fraction of sp³-hybridized carbons (Fsp3) is 0.476. The summed E-state index contributed by atoms with van der Waals surface area (Å²) in [5.41, 5.74) is 8.00. The lowest BCUT2D eigenvalue weighted by Gasteiger charge is -2.25. The molecule has 34 heavy (non-hydrogen) atoms. The zero-order valence-electron chi connectivity index (χ0n) is 18.9. The van der Waals surface area contributed by atoms with E-state index in [2.05, 4.69) is 10.3 Å². The first-order valence-corrected chi connectivity index (χ1v) is 14.9. The van der Waals surface area contributed by atoms with Crippen LogP contribution in [0.5, 0.6) is 0 Å². The van der Waals surface area contributed by atoms with E-state index < -0.39 is 20.9 Å². The summed E-state index contributed by atoms with van der Waals surface area (Å²) in [6.45, 7) is 2.73. The van der Waals surface area contributed by atoms with Gasteiger partial charge in [0.2, 0.25) is 7.37 Å². The van der Waals surface area contributed by atoms with Crippen molar-refractivity contribution in [2.45, 2.75) is 51.6 Å². The number of rotatable bonds is 8. The molecule has 2 aromatic heterocycles. The Morgan fingerprint density at radius 2 is 1.76 bits per heavy atom. The summed E-state index contributed by atoms with van der Waals surface area (Å²) >= 11 is 0. The Labute approximate surface area is 197 Å². The van der Waals surface area contributed by atoms with Gasteiger partial charge in [0.15, 0.2) is 17.0 Å². The molecule has 1 saturated carbocycles. The van der Waals surface area contributed by atoms with Crippen LogP contribution in [-0.4, -0.2) is 46.1 Å². The Morgan fingerprint density at radius 3 is 2.38 bits per heavy atom. The zero-order chi connectivity index (χ0) is 24.5. The van der Waals surface area contributed by atoms with Crippen molar-refractivity contribution in [2.24, 2.45) is 11.7 Å². The summed E-state index contributed by atoms with van der Waals surface area (Å²) in [6, 6.07) is 6.19. The van der Waals surface area contributed by atoms with Crippen LogP contribution in [0.3, 0.4) is 0 Å². The normalized spacial score (nSPS) is 20.9. The fourth-order valence-electron chi connectivity index (χ4n) is 4.30. The number of fused-ring (bicyclic) bond motifs is 1. The highest BCUT2D eigenvalue weighted by Gasteiger charge is 2.31. The van der Waals surface area contributed by atoms with Crippen LogP contribution in [0.25, 0.3) is 11.2 Å². The number of nitrogens with one attached hydrogen (secondary N) is 1. The van der Waals surface area contributed by atoms with Gasteiger partial charge in [0.25, 0.3) is 0 Å². The summed E-state index contributed by atoms with van der Waals surface area (Å²) in [6.07, 6.45) is 6.59. The van der Waals surface area contributed by atoms with Crippen LogP contribution >= 0.6 is 15.0 Å². The van der Waals surface area contributed by atoms with E-state index in [1.807, 2.05) is 11.5 Å². The largest absolute Gasteiger partial charge is 0.341 e. The number of nitrogens with zero attached hydrogens (tertiary/aromatic N) is 4. The molecular formula is C21H30N6O5P2. The number of hydrogen-bond acceptors (Lipinski definition) is 7. The van der Waals surface area contributed by atoms with Crippen LogP contribution in [-0.2, 0) is 22.1 Å². The Morgan fingerprint density at radius 1 is 1.09 bits per heavy atom. The van der Waals surface area contributed by atoms with Gasteiger partial charge in [-0.05, 0) is 62.8 Å². The first-order chi connectivity index (χ1) is 16.0. The SMILES string of the molecule is CCn1cnc2c(Nc3ccc(P(=O)(O)CP(=O)(O)O)cc3)nc(CC3CCC(N)CC3)nc21. The number of benzene rings is 1. The molecule has 0 aliphatic heterocycles. The van der Waals surface area contributed by atoms with Gasteiger partial charge in [-0.3, -0.25) is 9.13 Å². The minimum atomic E-state index is -4.64. The molecule has 1 atom stereocenters. The van der Waals surface area contributed by atoms with Crippen molar-refractivity contribution in [2.75, 3.05) is 11.2 Å². The predicted molar refractivity (Wildman–Crippen MR) is 131 cm³/mol. The molecule has 184 valence electrons. The molecule has 6 N–H and O–H groups in total. The molecular weight excluding hydrogens is 478 g/mol. The number of aromatic nitrogens is 4. The van der Waals surface area contributed by atoms with Crippen molar-refractivity contribution in [3.8, 4) is 0 Å². The quantitative estimate of drug-likeness (QED) is 0.284. The molecule has 0 amide bonds. The van der Waals surface area contributed by atoms with Gasteiger partial charge in [-0.1, -0.05) is 0 Å². The van der Waals surface area contributed by atoms with E-state index in [4.69, 9.17) is 25.5 Å². The topological polar surface area (TPSA) is 176 Å². The molecule has 0 saturated heterocycles. The molecule has 0 bridgehead atoms. The molecule has 1 aliphatic carbocycles. The highest BCUT2D eigenvalue weighted by atomic mass is 31.2. The van der Waals surface area contributed by atoms with Crippen molar-refractivity contribution < 1.29 is 23.8 Å². The minimum absolute atomic E-state index is 0.0272. The summed E-state index contributed by atoms with van der Waals surface area (Å²) in [7, 11) is -8.82. The van der Waals surface area contributed by atoms with Crippen LogP contribution < -0.4 is 16.4 Å². The minimum Gasteiger partial charge on any atom is -0.341 e. The van der Waals surface area contributed by atoms with Crippen molar-refractivity contribution >= 4 is 42.9 Å². The summed E-state index contributed by atoms with van der Waals surface area (Å²) in [4.78, 5) is 42.2. The third kappa shape index (κ3) is 5.92. The molecule has 0 spiro atoms. The van der Waals surface area contributed by atoms with Crippen molar-refractivity contribution in [3.63, 3.8) is 0 Å². The lowest BCUT2D eigenvalue weighted by molar-refractivity contribution is 0.321. The molecule has 2 heterocycles. The number of hydrogen-bond donors (Lipinski definition) is 5. The van der Waals surface area contributed by atoms with Gasteiger partial charge in [0.05, 0.1) is 6.33 Å². The molecule has 3 aromatic rings. The van der Waals surface area contributed by atoms with Gasteiger partial charge in [-0.25, -0.2) is 15.0 Å². The van der Waals surface area contributed by atoms with Gasteiger partial charge in [0.1, 0.15) is 11.7 Å². The van der Waals surface area contributed by atoms with E-state index >= 15 is 0 Å². The van der Waals surface area contributed by atoms with Crippen molar-refractivity contribution in [3.05, 3.63) is 36.4 Å². The molecule has 1 fully saturated rings. The van der Waals surface area contributed by atoms with Gasteiger partial charge >= 0.3 is 7.60 Å². The van der Waals surface area contributed by atoms with Gasteiger partial charge in [0, 0.05) is 30.0 Å². The summed E-state index contributed by atoms with van der Waals surface area (Å²) in [5.74, 6) is 0.650. The number of anilines is 2. The molecule has 11 nitrogen and oxygen atoms in total. The van der Waals surface area contributed by atoms with E-state index in [-0.39, 0.29) is 11.3 Å². The second-order valence-electron chi connectivity index (χ2n) is 8.86. The van der Waals surface area contributed by atoms with Crippen molar-refractivity contribution in [1.29, 1.82) is 0 Å². The average Bonchev–Trinajstić information content (AvgIpc) is 3.17. The maximum Gasteiger partial charge on any atom is 0.335 e.